The molecule has 25 heavy (non-hydrogen) atoms. The minimum atomic E-state index is -0.374. The van der Waals surface area contributed by atoms with Crippen molar-refractivity contribution in [2.45, 2.75) is 5.03 Å². The molecule has 1 heterocycles. The fraction of sp³-hybridized carbons (Fsp3) is 0.0556. The van der Waals surface area contributed by atoms with E-state index in [1.165, 1.54) is 41.2 Å². The molecule has 0 amide bonds. The molecule has 0 N–H and O–H groups in total. The van der Waals surface area contributed by atoms with E-state index >= 15 is 0 Å². The Balaban J connectivity index is 1.78. The second kappa shape index (κ2) is 7.76. The molecule has 3 aromatic rings. The number of aromatic nitrogens is 2. The van der Waals surface area contributed by atoms with Crippen LogP contribution in [0.5, 0.6) is 0 Å². The molecule has 1 aromatic heterocycles. The fourth-order valence-electron chi connectivity index (χ4n) is 2.15. The van der Waals surface area contributed by atoms with Gasteiger partial charge >= 0.3 is 0 Å². The molecule has 126 valence electrons. The highest BCUT2D eigenvalue weighted by Crippen LogP contribution is 2.16. The van der Waals surface area contributed by atoms with E-state index in [1.54, 1.807) is 24.3 Å². The molecule has 0 unspecified atom stereocenters. The molecule has 0 saturated carbocycles. The van der Waals surface area contributed by atoms with E-state index in [2.05, 4.69) is 20.9 Å². The van der Waals surface area contributed by atoms with Gasteiger partial charge in [0.15, 0.2) is 10.8 Å². The topological polar surface area (TPSA) is 52.0 Å². The molecule has 0 aliphatic heterocycles. The van der Waals surface area contributed by atoms with Crippen molar-refractivity contribution in [1.82, 2.24) is 9.55 Å². The van der Waals surface area contributed by atoms with Gasteiger partial charge in [0, 0.05) is 28.1 Å². The number of carbonyl (C=O) groups is 1. The monoisotopic (exact) mass is 418 g/mol. The summed E-state index contributed by atoms with van der Waals surface area (Å²) in [6, 6.07) is 12.6. The quantitative estimate of drug-likeness (QED) is 0.462. The van der Waals surface area contributed by atoms with Crippen molar-refractivity contribution >= 4 is 33.5 Å². The van der Waals surface area contributed by atoms with Crippen molar-refractivity contribution in [3.8, 4) is 5.69 Å². The zero-order valence-electron chi connectivity index (χ0n) is 12.9. The highest BCUT2D eigenvalue weighted by molar-refractivity contribution is 9.10. The number of nitrogens with zero attached hydrogens (tertiary/aromatic N) is 2. The number of benzene rings is 2. The van der Waals surface area contributed by atoms with Crippen LogP contribution in [0, 0.1) is 5.82 Å². The molecule has 0 aliphatic carbocycles. The van der Waals surface area contributed by atoms with Gasteiger partial charge in [-0.3, -0.25) is 14.2 Å². The lowest BCUT2D eigenvalue weighted by Crippen LogP contribution is -2.21. The number of carbonyl (C=O) groups excluding carboxylic acids is 1. The predicted octanol–water partition coefficient (Wildman–Crippen LogP) is 4.11. The van der Waals surface area contributed by atoms with Gasteiger partial charge in [-0.15, -0.1) is 0 Å². The Morgan fingerprint density at radius 1 is 1.12 bits per heavy atom. The van der Waals surface area contributed by atoms with Gasteiger partial charge in [-0.05, 0) is 36.4 Å². The number of hydrogen-bond donors (Lipinski definition) is 0. The van der Waals surface area contributed by atoms with Crippen molar-refractivity contribution < 1.29 is 9.18 Å². The number of rotatable bonds is 5. The molecule has 7 heteroatoms. The first-order chi connectivity index (χ1) is 12.0. The second-order valence-electron chi connectivity index (χ2n) is 5.10. The van der Waals surface area contributed by atoms with Gasteiger partial charge in [-0.1, -0.05) is 39.8 Å². The van der Waals surface area contributed by atoms with Crippen molar-refractivity contribution in [2.75, 3.05) is 5.75 Å². The van der Waals surface area contributed by atoms with Crippen LogP contribution in [0.15, 0.2) is 75.2 Å². The van der Waals surface area contributed by atoms with Crippen molar-refractivity contribution in [3.63, 3.8) is 0 Å². The summed E-state index contributed by atoms with van der Waals surface area (Å²) in [4.78, 5) is 28.8. The first kappa shape index (κ1) is 17.6. The van der Waals surface area contributed by atoms with Crippen LogP contribution in [0.2, 0.25) is 0 Å². The first-order valence-corrected chi connectivity index (χ1v) is 9.07. The molecule has 4 nitrogen and oxygen atoms in total. The zero-order valence-corrected chi connectivity index (χ0v) is 15.3. The molecular weight excluding hydrogens is 407 g/mol. The molecule has 0 fully saturated rings. The maximum Gasteiger partial charge on any atom is 0.287 e. The largest absolute Gasteiger partial charge is 0.293 e. The smallest absolute Gasteiger partial charge is 0.287 e. The van der Waals surface area contributed by atoms with Gasteiger partial charge in [-0.2, -0.15) is 0 Å². The average Bonchev–Trinajstić information content (AvgIpc) is 2.62. The highest BCUT2D eigenvalue weighted by atomic mass is 79.9. The molecule has 0 bridgehead atoms. The van der Waals surface area contributed by atoms with E-state index in [9.17, 15) is 14.0 Å². The zero-order chi connectivity index (χ0) is 17.8. The summed E-state index contributed by atoms with van der Waals surface area (Å²) < 4.78 is 15.3. The van der Waals surface area contributed by atoms with Crippen molar-refractivity contribution in [1.29, 1.82) is 0 Å². The number of thioether (sulfide) groups is 1. The molecule has 2 aromatic carbocycles. The predicted molar refractivity (Wildman–Crippen MR) is 99.0 cm³/mol. The van der Waals surface area contributed by atoms with Crippen LogP contribution in [-0.2, 0) is 0 Å². The Hall–Kier alpha value is -2.25. The summed E-state index contributed by atoms with van der Waals surface area (Å²) in [6.45, 7) is 0. The minimum absolute atomic E-state index is 0.0871. The van der Waals surface area contributed by atoms with Crippen LogP contribution in [0.25, 0.3) is 5.69 Å². The van der Waals surface area contributed by atoms with Gasteiger partial charge in [0.1, 0.15) is 5.82 Å². The Bertz CT molecular complexity index is 956. The van der Waals surface area contributed by atoms with Crippen LogP contribution in [0.4, 0.5) is 4.39 Å². The van der Waals surface area contributed by atoms with Crippen molar-refractivity contribution in [3.05, 3.63) is 87.1 Å². The van der Waals surface area contributed by atoms with Crippen molar-refractivity contribution in [2.24, 2.45) is 0 Å². The number of Topliss-reactive ketones (excluding diaryl/α,β-unsaturated/α-hetero) is 1. The van der Waals surface area contributed by atoms with E-state index < -0.39 is 0 Å². The lowest BCUT2D eigenvalue weighted by atomic mass is 10.2. The summed E-state index contributed by atoms with van der Waals surface area (Å²) >= 11 is 4.41. The van der Waals surface area contributed by atoms with Crippen LogP contribution < -0.4 is 5.56 Å². The average molecular weight is 419 g/mol. The summed E-state index contributed by atoms with van der Waals surface area (Å²) in [5.41, 5.74) is 0.767. The van der Waals surface area contributed by atoms with Gasteiger partial charge in [-0.25, -0.2) is 9.37 Å². The summed E-state index contributed by atoms with van der Waals surface area (Å²) in [7, 11) is 0. The maximum atomic E-state index is 13.0. The molecule has 0 radical (unpaired) electrons. The minimum Gasteiger partial charge on any atom is -0.293 e. The Morgan fingerprint density at radius 2 is 1.80 bits per heavy atom. The third-order valence-electron chi connectivity index (χ3n) is 3.42. The van der Waals surface area contributed by atoms with E-state index in [-0.39, 0.29) is 27.9 Å². The van der Waals surface area contributed by atoms with E-state index in [0.717, 1.165) is 16.2 Å². The summed E-state index contributed by atoms with van der Waals surface area (Å²) in [5, 5.41) is 0.220. The first-order valence-electron chi connectivity index (χ1n) is 7.30. The van der Waals surface area contributed by atoms with Gasteiger partial charge in [0.2, 0.25) is 0 Å². The molecular formula is C18H12BrFN2O2S. The second-order valence-corrected chi connectivity index (χ2v) is 6.98. The van der Waals surface area contributed by atoms with Gasteiger partial charge in [0.05, 0.1) is 5.75 Å². The van der Waals surface area contributed by atoms with Crippen LogP contribution in [-0.4, -0.2) is 21.1 Å². The summed E-state index contributed by atoms with van der Waals surface area (Å²) in [6.07, 6.45) is 2.99. The summed E-state index contributed by atoms with van der Waals surface area (Å²) in [5.74, 6) is -0.353. The van der Waals surface area contributed by atoms with Gasteiger partial charge in [0.25, 0.3) is 5.56 Å². The molecule has 3 rings (SSSR count). The van der Waals surface area contributed by atoms with Crippen LogP contribution >= 0.6 is 27.7 Å². The fourth-order valence-corrected chi connectivity index (χ4v) is 3.21. The highest BCUT2D eigenvalue weighted by Gasteiger charge is 2.11. The van der Waals surface area contributed by atoms with E-state index in [4.69, 9.17) is 0 Å². The lowest BCUT2D eigenvalue weighted by Gasteiger charge is -2.07. The standard InChI is InChI=1S/C18H12BrFN2O2S/c19-13-3-1-12(2-4-13)16(23)11-25-17-18(24)22(10-9-21-17)15-7-5-14(20)6-8-15/h1-10H,11H2. The van der Waals surface area contributed by atoms with Crippen LogP contribution in [0.1, 0.15) is 10.4 Å². The third kappa shape index (κ3) is 4.24. The Morgan fingerprint density at radius 3 is 2.48 bits per heavy atom. The SMILES string of the molecule is O=C(CSc1nccn(-c2ccc(F)cc2)c1=O)c1ccc(Br)cc1. The number of halogens is 2. The van der Waals surface area contributed by atoms with E-state index in [1.807, 2.05) is 0 Å². The maximum absolute atomic E-state index is 13.0. The van der Waals surface area contributed by atoms with Gasteiger partial charge < -0.3 is 0 Å². The Kier molecular flexibility index (Phi) is 5.45. The normalized spacial score (nSPS) is 10.6. The molecule has 0 aliphatic rings. The Labute approximate surface area is 155 Å². The lowest BCUT2D eigenvalue weighted by molar-refractivity contribution is 0.102. The number of hydrogen-bond acceptors (Lipinski definition) is 4. The third-order valence-corrected chi connectivity index (χ3v) is 4.91. The molecule has 0 atom stereocenters. The van der Waals surface area contributed by atoms with Crippen LogP contribution in [0.3, 0.4) is 0 Å². The molecule has 0 saturated heterocycles. The number of ketones is 1. The molecule has 0 spiro atoms. The van der Waals surface area contributed by atoms with E-state index in [0.29, 0.717) is 11.3 Å².